The summed E-state index contributed by atoms with van der Waals surface area (Å²) < 4.78 is 0. The largest absolute Gasteiger partial charge is 0.405 e. The van der Waals surface area contributed by atoms with E-state index in [0.29, 0.717) is 0 Å². The first-order valence-corrected chi connectivity index (χ1v) is 6.78. The maximum Gasteiger partial charge on any atom is 0.153 e. The second-order valence-corrected chi connectivity index (χ2v) is 5.43. The highest BCUT2D eigenvalue weighted by Crippen LogP contribution is 2.39. The van der Waals surface area contributed by atoms with Gasteiger partial charge in [0.1, 0.15) is 5.54 Å². The molecule has 0 N–H and O–H groups in total. The standard InChI is InChI=1S/C16H15ClN2O/c1-16(13-4-3-9-18-11-13)10-15(20-19(16)2)12-5-7-14(17)8-6-12/h3-11H,1-2H3. The third-order valence-corrected chi connectivity index (χ3v) is 3.93. The normalized spacial score (nSPS) is 22.4. The lowest BCUT2D eigenvalue weighted by atomic mass is 9.92. The van der Waals surface area contributed by atoms with Crippen LogP contribution in [-0.2, 0) is 10.4 Å². The van der Waals surface area contributed by atoms with Crippen molar-refractivity contribution in [2.45, 2.75) is 12.5 Å². The van der Waals surface area contributed by atoms with E-state index >= 15 is 0 Å². The van der Waals surface area contributed by atoms with Gasteiger partial charge in [-0.1, -0.05) is 17.7 Å². The van der Waals surface area contributed by atoms with Crippen LogP contribution in [0, 0.1) is 0 Å². The van der Waals surface area contributed by atoms with Gasteiger partial charge in [-0.3, -0.25) is 4.98 Å². The van der Waals surface area contributed by atoms with Crippen molar-refractivity contribution in [2.75, 3.05) is 7.05 Å². The molecule has 20 heavy (non-hydrogen) atoms. The van der Waals surface area contributed by atoms with Gasteiger partial charge < -0.3 is 4.84 Å². The van der Waals surface area contributed by atoms with Crippen LogP contribution in [0.4, 0.5) is 0 Å². The van der Waals surface area contributed by atoms with Crippen LogP contribution in [0.25, 0.3) is 5.76 Å². The minimum absolute atomic E-state index is 0.330. The second-order valence-electron chi connectivity index (χ2n) is 4.99. The number of rotatable bonds is 2. The van der Waals surface area contributed by atoms with E-state index < -0.39 is 0 Å². The van der Waals surface area contributed by atoms with Gasteiger partial charge in [-0.05, 0) is 48.9 Å². The first-order valence-electron chi connectivity index (χ1n) is 6.41. The Morgan fingerprint density at radius 3 is 2.60 bits per heavy atom. The monoisotopic (exact) mass is 286 g/mol. The Kier molecular flexibility index (Phi) is 3.24. The lowest BCUT2D eigenvalue weighted by molar-refractivity contribution is -0.105. The van der Waals surface area contributed by atoms with E-state index in [1.807, 2.05) is 54.7 Å². The zero-order chi connectivity index (χ0) is 14.2. The summed E-state index contributed by atoms with van der Waals surface area (Å²) >= 11 is 5.92. The molecule has 2 heterocycles. The molecule has 0 saturated heterocycles. The van der Waals surface area contributed by atoms with E-state index in [9.17, 15) is 0 Å². The van der Waals surface area contributed by atoms with Gasteiger partial charge in [0.05, 0.1) is 0 Å². The molecule has 1 aliphatic heterocycles. The van der Waals surface area contributed by atoms with Crippen molar-refractivity contribution in [3.63, 3.8) is 0 Å². The van der Waals surface area contributed by atoms with Gasteiger partial charge >= 0.3 is 0 Å². The van der Waals surface area contributed by atoms with Crippen molar-refractivity contribution in [1.82, 2.24) is 10.0 Å². The number of pyridine rings is 1. The van der Waals surface area contributed by atoms with Crippen molar-refractivity contribution in [3.05, 3.63) is 71.0 Å². The van der Waals surface area contributed by atoms with Crippen LogP contribution in [0.3, 0.4) is 0 Å². The van der Waals surface area contributed by atoms with Gasteiger partial charge in [0.25, 0.3) is 0 Å². The topological polar surface area (TPSA) is 25.4 Å². The summed E-state index contributed by atoms with van der Waals surface area (Å²) in [6.07, 6.45) is 5.74. The van der Waals surface area contributed by atoms with Crippen LogP contribution in [0.15, 0.2) is 54.9 Å². The summed E-state index contributed by atoms with van der Waals surface area (Å²) in [6.45, 7) is 2.10. The quantitative estimate of drug-likeness (QED) is 0.838. The van der Waals surface area contributed by atoms with Gasteiger partial charge in [0, 0.05) is 30.0 Å². The average molecular weight is 287 g/mol. The average Bonchev–Trinajstić information content (AvgIpc) is 2.78. The Morgan fingerprint density at radius 2 is 1.95 bits per heavy atom. The van der Waals surface area contributed by atoms with Gasteiger partial charge in [-0.25, -0.2) is 0 Å². The summed E-state index contributed by atoms with van der Waals surface area (Å²) in [7, 11) is 1.92. The first kappa shape index (κ1) is 13.2. The fraction of sp³-hybridized carbons (Fsp3) is 0.188. The molecule has 0 saturated carbocycles. The molecule has 1 atom stereocenters. The molecule has 1 aliphatic rings. The van der Waals surface area contributed by atoms with Crippen molar-refractivity contribution in [3.8, 4) is 0 Å². The third kappa shape index (κ3) is 2.19. The van der Waals surface area contributed by atoms with Crippen molar-refractivity contribution in [1.29, 1.82) is 0 Å². The summed E-state index contributed by atoms with van der Waals surface area (Å²) in [5.74, 6) is 0.829. The van der Waals surface area contributed by atoms with Gasteiger partial charge in [-0.2, -0.15) is 0 Å². The smallest absolute Gasteiger partial charge is 0.153 e. The molecule has 3 nitrogen and oxygen atoms in total. The van der Waals surface area contributed by atoms with E-state index in [1.54, 1.807) is 6.20 Å². The van der Waals surface area contributed by atoms with Crippen LogP contribution in [0.2, 0.25) is 5.02 Å². The lowest BCUT2D eigenvalue weighted by Gasteiger charge is -2.28. The molecule has 1 aromatic carbocycles. The van der Waals surface area contributed by atoms with Crippen molar-refractivity contribution >= 4 is 17.4 Å². The molecule has 0 fully saturated rings. The van der Waals surface area contributed by atoms with Crippen LogP contribution in [0.5, 0.6) is 0 Å². The van der Waals surface area contributed by atoms with E-state index in [4.69, 9.17) is 16.4 Å². The molecular weight excluding hydrogens is 272 g/mol. The van der Waals surface area contributed by atoms with Gasteiger partial charge in [-0.15, -0.1) is 5.06 Å². The second kappa shape index (κ2) is 4.93. The predicted molar refractivity (Wildman–Crippen MR) is 79.9 cm³/mol. The van der Waals surface area contributed by atoms with E-state index in [-0.39, 0.29) is 5.54 Å². The number of benzene rings is 1. The Labute approximate surface area is 123 Å². The Bertz CT molecular complexity index is 639. The first-order chi connectivity index (χ1) is 9.59. The fourth-order valence-corrected chi connectivity index (χ4v) is 2.42. The molecule has 1 aromatic heterocycles. The Hall–Kier alpha value is -1.84. The van der Waals surface area contributed by atoms with Crippen LogP contribution >= 0.6 is 11.6 Å². The molecule has 0 amide bonds. The summed E-state index contributed by atoms with van der Waals surface area (Å²) in [5, 5.41) is 2.56. The molecule has 3 rings (SSSR count). The minimum atomic E-state index is -0.330. The number of nitrogens with zero attached hydrogens (tertiary/aromatic N) is 2. The molecule has 0 aliphatic carbocycles. The number of aromatic nitrogens is 1. The number of hydrogen-bond donors (Lipinski definition) is 0. The predicted octanol–water partition coefficient (Wildman–Crippen LogP) is 3.87. The lowest BCUT2D eigenvalue weighted by Crippen LogP contribution is -2.34. The minimum Gasteiger partial charge on any atom is -0.405 e. The molecule has 0 radical (unpaired) electrons. The highest BCUT2D eigenvalue weighted by molar-refractivity contribution is 6.30. The molecule has 1 unspecified atom stereocenters. The summed E-state index contributed by atoms with van der Waals surface area (Å²) in [4.78, 5) is 10.1. The maximum atomic E-state index is 5.92. The molecule has 0 bridgehead atoms. The fourth-order valence-electron chi connectivity index (χ4n) is 2.29. The SMILES string of the molecule is CN1OC(c2ccc(Cl)cc2)=CC1(C)c1cccnc1. The maximum absolute atomic E-state index is 5.92. The summed E-state index contributed by atoms with van der Waals surface area (Å²) in [5.41, 5.74) is 1.77. The molecule has 4 heteroatoms. The molecule has 2 aromatic rings. The van der Waals surface area contributed by atoms with Crippen LogP contribution in [-0.4, -0.2) is 17.1 Å². The summed E-state index contributed by atoms with van der Waals surface area (Å²) in [6, 6.07) is 11.6. The van der Waals surface area contributed by atoms with Gasteiger partial charge in [0.2, 0.25) is 0 Å². The number of halogens is 1. The van der Waals surface area contributed by atoms with E-state index in [2.05, 4.69) is 18.0 Å². The Morgan fingerprint density at radius 1 is 1.20 bits per heavy atom. The highest BCUT2D eigenvalue weighted by Gasteiger charge is 2.38. The van der Waals surface area contributed by atoms with Gasteiger partial charge in [0.15, 0.2) is 5.76 Å². The van der Waals surface area contributed by atoms with E-state index in [1.165, 1.54) is 0 Å². The third-order valence-electron chi connectivity index (χ3n) is 3.68. The number of hydroxylamine groups is 2. The highest BCUT2D eigenvalue weighted by atomic mass is 35.5. The van der Waals surface area contributed by atoms with Crippen LogP contribution < -0.4 is 0 Å². The molecular formula is C16H15ClN2O. The number of likely N-dealkylation sites (N-methyl/N-ethyl adjacent to an activating group) is 1. The van der Waals surface area contributed by atoms with Crippen molar-refractivity contribution in [2.24, 2.45) is 0 Å². The molecule has 0 spiro atoms. The van der Waals surface area contributed by atoms with Crippen molar-refractivity contribution < 1.29 is 4.84 Å². The van der Waals surface area contributed by atoms with E-state index in [0.717, 1.165) is 21.9 Å². The Balaban J connectivity index is 2.00. The van der Waals surface area contributed by atoms with Crippen LogP contribution in [0.1, 0.15) is 18.1 Å². The zero-order valence-corrected chi connectivity index (χ0v) is 12.1. The zero-order valence-electron chi connectivity index (χ0n) is 11.4. The molecule has 102 valence electrons. The number of hydrogen-bond acceptors (Lipinski definition) is 3.